The molecule has 1 spiro atoms. The van der Waals surface area contributed by atoms with Crippen LogP contribution in [0.25, 0.3) is 10.9 Å². The average Bonchev–Trinajstić information content (AvgIpc) is 3.82. The Bertz CT molecular complexity index is 2330. The fourth-order valence-corrected chi connectivity index (χ4v) is 11.9. The van der Waals surface area contributed by atoms with E-state index in [2.05, 4.69) is 15.6 Å². The van der Waals surface area contributed by atoms with Crippen molar-refractivity contribution in [2.75, 3.05) is 39.9 Å². The molecule has 1 aromatic heterocycles. The monoisotopic (exact) mass is 770 g/mol. The Labute approximate surface area is 320 Å². The number of thioether (sulfide) groups is 1. The third-order valence-electron chi connectivity index (χ3n) is 12.4. The Hall–Kier alpha value is -4.67. The maximum atomic E-state index is 14.8. The van der Waals surface area contributed by atoms with Gasteiger partial charge in [-0.1, -0.05) is 6.07 Å². The number of esters is 2. The maximum Gasteiger partial charge on any atom is 0.333 e. The van der Waals surface area contributed by atoms with Crippen LogP contribution in [-0.4, -0.2) is 90.3 Å². The summed E-state index contributed by atoms with van der Waals surface area (Å²) in [4.78, 5) is 33.3. The van der Waals surface area contributed by atoms with Gasteiger partial charge in [-0.15, -0.1) is 11.8 Å². The quantitative estimate of drug-likeness (QED) is 0.150. The molecule has 14 nitrogen and oxygen atoms in total. The summed E-state index contributed by atoms with van der Waals surface area (Å²) in [6.45, 7) is 5.43. The van der Waals surface area contributed by atoms with Crippen LogP contribution in [0, 0.1) is 13.8 Å². The molecule has 0 aliphatic carbocycles. The lowest BCUT2D eigenvalue weighted by atomic mass is 9.74. The minimum Gasteiger partial charge on any atom is -0.504 e. The Morgan fingerprint density at radius 2 is 1.87 bits per heavy atom. The summed E-state index contributed by atoms with van der Waals surface area (Å²) in [7, 11) is 3.17. The van der Waals surface area contributed by atoms with Crippen LogP contribution in [0.2, 0.25) is 0 Å². The number of carbonyl (C=O) groups excluding carboxylic acids is 2. The topological polar surface area (TPSA) is 173 Å². The number of hydrogen-bond donors (Lipinski definition) is 5. The van der Waals surface area contributed by atoms with E-state index in [1.54, 1.807) is 7.11 Å². The third kappa shape index (κ3) is 4.76. The molecule has 5 N–H and O–H groups in total. The largest absolute Gasteiger partial charge is 0.504 e. The van der Waals surface area contributed by atoms with Crippen LogP contribution in [0.5, 0.6) is 34.5 Å². The second-order valence-corrected chi connectivity index (χ2v) is 16.3. The van der Waals surface area contributed by atoms with Crippen molar-refractivity contribution in [3.63, 3.8) is 0 Å². The van der Waals surface area contributed by atoms with E-state index in [-0.39, 0.29) is 24.9 Å². The number of hydrogen-bond acceptors (Lipinski definition) is 14. The zero-order valence-electron chi connectivity index (χ0n) is 31.0. The van der Waals surface area contributed by atoms with E-state index in [4.69, 9.17) is 28.4 Å². The van der Waals surface area contributed by atoms with Crippen molar-refractivity contribution in [2.24, 2.45) is 0 Å². The number of methoxy groups -OCH3 is 2. The number of aromatic hydroxyl groups is 1. The maximum absolute atomic E-state index is 14.8. The predicted octanol–water partition coefficient (Wildman–Crippen LogP) is 3.85. The number of rotatable bonds is 3. The summed E-state index contributed by atoms with van der Waals surface area (Å²) in [5.74, 6) is 1.67. The molecule has 288 valence electrons. The number of ether oxygens (including phenoxy) is 6. The highest BCUT2D eigenvalue weighted by Gasteiger charge is 2.60. The highest BCUT2D eigenvalue weighted by molar-refractivity contribution is 7.99. The van der Waals surface area contributed by atoms with Crippen molar-refractivity contribution in [1.29, 1.82) is 0 Å². The number of aliphatic hydroxyl groups excluding tert-OH is 1. The van der Waals surface area contributed by atoms with Gasteiger partial charge in [-0.3, -0.25) is 15.0 Å². The minimum absolute atomic E-state index is 0.0417. The van der Waals surface area contributed by atoms with Gasteiger partial charge in [-0.2, -0.15) is 0 Å². The normalized spacial score (nSPS) is 28.9. The van der Waals surface area contributed by atoms with Crippen molar-refractivity contribution in [2.45, 2.75) is 74.8 Å². The number of aryl methyl sites for hydroxylation is 1. The molecule has 15 heteroatoms. The Kier molecular flexibility index (Phi) is 7.86. The van der Waals surface area contributed by atoms with Crippen molar-refractivity contribution in [1.82, 2.24) is 20.5 Å². The number of fused-ring (bicyclic) bond motifs is 11. The van der Waals surface area contributed by atoms with E-state index < -0.39 is 53.1 Å². The Balaban J connectivity index is 1.22. The summed E-state index contributed by atoms with van der Waals surface area (Å²) in [5.41, 5.74) is 5.70. The number of aromatic amines is 1. The molecular formula is C40H42N4O10S. The molecule has 55 heavy (non-hydrogen) atoms. The Morgan fingerprint density at radius 3 is 2.65 bits per heavy atom. The zero-order chi connectivity index (χ0) is 38.1. The van der Waals surface area contributed by atoms with Crippen LogP contribution in [0.15, 0.2) is 24.3 Å². The van der Waals surface area contributed by atoms with Gasteiger partial charge in [0.15, 0.2) is 28.5 Å². The first-order valence-corrected chi connectivity index (χ1v) is 19.6. The summed E-state index contributed by atoms with van der Waals surface area (Å²) in [5, 5.41) is 32.0. The zero-order valence-corrected chi connectivity index (χ0v) is 31.8. The first-order chi connectivity index (χ1) is 26.6. The fraction of sp³-hybridized carbons (Fsp3) is 0.450. The second kappa shape index (κ2) is 12.4. The molecule has 7 aliphatic heterocycles. The van der Waals surface area contributed by atoms with Gasteiger partial charge in [0.1, 0.15) is 24.3 Å². The van der Waals surface area contributed by atoms with Gasteiger partial charge in [0.25, 0.3) is 0 Å². The van der Waals surface area contributed by atoms with Gasteiger partial charge in [-0.25, -0.2) is 4.79 Å². The number of phenolic OH excluding ortho intramolecular Hbond substituents is 1. The number of H-pyrrole nitrogens is 1. The van der Waals surface area contributed by atoms with Crippen molar-refractivity contribution in [3.05, 3.63) is 68.9 Å². The highest BCUT2D eigenvalue weighted by Crippen LogP contribution is 2.63. The molecule has 0 saturated carbocycles. The van der Waals surface area contributed by atoms with E-state index in [9.17, 15) is 19.8 Å². The van der Waals surface area contributed by atoms with E-state index in [0.717, 1.165) is 39.0 Å². The SMILES string of the molecule is COc1ccc2[nH]c3c(c2c1)CCN[C@]31CS[C@@H]2c3c(OC(C)=O)c(C)c4c(c3[C@H](COC1=O)N1[C@@H]2[C@@H]2N[C@@H](Cc3cc(C)c(OC)c(O)c32)[C@@H]1O)OCO4. The van der Waals surface area contributed by atoms with Crippen molar-refractivity contribution >= 4 is 34.6 Å². The molecule has 2 saturated heterocycles. The number of benzene rings is 3. The summed E-state index contributed by atoms with van der Waals surface area (Å²) < 4.78 is 36.1. The molecular weight excluding hydrogens is 729 g/mol. The molecule has 3 aromatic carbocycles. The summed E-state index contributed by atoms with van der Waals surface area (Å²) in [6.07, 6.45) is 0.0904. The molecule has 7 atom stereocenters. The number of aliphatic hydroxyl groups is 1. The smallest absolute Gasteiger partial charge is 0.333 e. The number of nitrogens with zero attached hydrogens (tertiary/aromatic N) is 1. The van der Waals surface area contributed by atoms with Crippen LogP contribution in [0.1, 0.15) is 68.9 Å². The molecule has 11 rings (SSSR count). The fourth-order valence-electron chi connectivity index (χ4n) is 10.2. The van der Waals surface area contributed by atoms with Gasteiger partial charge in [0.2, 0.25) is 6.79 Å². The number of aromatic nitrogens is 1. The van der Waals surface area contributed by atoms with Gasteiger partial charge < -0.3 is 48.9 Å². The van der Waals surface area contributed by atoms with Crippen LogP contribution in [-0.2, 0) is 32.7 Å². The molecule has 2 fully saturated rings. The molecule has 0 amide bonds. The van der Waals surface area contributed by atoms with Gasteiger partial charge in [0.05, 0.1) is 43.3 Å². The van der Waals surface area contributed by atoms with E-state index in [1.165, 1.54) is 25.8 Å². The van der Waals surface area contributed by atoms with Gasteiger partial charge in [0, 0.05) is 58.4 Å². The number of piperazine rings is 1. The Morgan fingerprint density at radius 1 is 1.05 bits per heavy atom. The first-order valence-electron chi connectivity index (χ1n) is 18.5. The summed E-state index contributed by atoms with van der Waals surface area (Å²) in [6, 6.07) is 5.62. The average molecular weight is 771 g/mol. The van der Waals surface area contributed by atoms with Crippen LogP contribution >= 0.6 is 11.8 Å². The second-order valence-electron chi connectivity index (χ2n) is 15.2. The molecule has 8 heterocycles. The van der Waals surface area contributed by atoms with Gasteiger partial charge in [-0.05, 0) is 61.6 Å². The number of nitrogens with one attached hydrogen (secondary N) is 3. The van der Waals surface area contributed by atoms with E-state index >= 15 is 0 Å². The first kappa shape index (κ1) is 34.8. The highest BCUT2D eigenvalue weighted by atomic mass is 32.2. The van der Waals surface area contributed by atoms with Crippen LogP contribution in [0.3, 0.4) is 0 Å². The van der Waals surface area contributed by atoms with Crippen molar-refractivity contribution in [3.8, 4) is 34.5 Å². The van der Waals surface area contributed by atoms with Crippen LogP contribution in [0.4, 0.5) is 0 Å². The molecule has 4 aromatic rings. The molecule has 7 aliphatic rings. The van der Waals surface area contributed by atoms with Gasteiger partial charge >= 0.3 is 11.9 Å². The lowest BCUT2D eigenvalue weighted by molar-refractivity contribution is -0.164. The van der Waals surface area contributed by atoms with E-state index in [0.29, 0.717) is 64.6 Å². The lowest BCUT2D eigenvalue weighted by Gasteiger charge is -2.59. The summed E-state index contributed by atoms with van der Waals surface area (Å²) >= 11 is 1.51. The van der Waals surface area contributed by atoms with Crippen LogP contribution < -0.4 is 34.3 Å². The molecule has 0 unspecified atom stereocenters. The molecule has 0 radical (unpaired) electrons. The predicted molar refractivity (Wildman–Crippen MR) is 200 cm³/mol. The van der Waals surface area contributed by atoms with Crippen molar-refractivity contribution < 1.29 is 48.2 Å². The molecule has 4 bridgehead atoms. The van der Waals surface area contributed by atoms with E-state index in [1.807, 2.05) is 43.0 Å². The number of phenols is 1. The standard InChI is InChI=1S/C40H42N4O10S/c1-16-10-19-11-24-38(47)44-25-13-51-39(48)40(37-21(8-9-41-40)22-12-20(49-4)6-7-23(22)43-37)14-55-36(30(44)29(42-24)26(19)31(46)32(16)50-5)28-27(25)35-34(52-15-53-35)17(2)33(28)54-18(3)45/h6-7,10,12,24-25,29-30,36,38,41-43,46-47H,8-9,11,13-15H2,1-5H3/t24-,25-,29+,30+,36+,38-,40+/m0/s1. The third-order valence-corrected chi connectivity index (χ3v) is 13.9. The minimum atomic E-state index is -1.28. The lowest BCUT2D eigenvalue weighted by Crippen LogP contribution is -2.69. The number of carbonyl (C=O) groups is 2.